The molecule has 0 spiro atoms. The van der Waals surface area contributed by atoms with Crippen molar-refractivity contribution in [3.63, 3.8) is 0 Å². The van der Waals surface area contributed by atoms with Gasteiger partial charge >= 0.3 is 0 Å². The van der Waals surface area contributed by atoms with E-state index >= 15 is 0 Å². The Morgan fingerprint density at radius 2 is 1.80 bits per heavy atom. The monoisotopic (exact) mass is 299 g/mol. The largest absolute Gasteiger partial charge is 0.342 e. The Kier molecular flexibility index (Phi) is 4.75. The van der Waals surface area contributed by atoms with Gasteiger partial charge in [0.15, 0.2) is 9.84 Å². The number of halogens is 1. The van der Waals surface area contributed by atoms with Crippen LogP contribution in [0.3, 0.4) is 0 Å². The average Bonchev–Trinajstić information content (AvgIpc) is 2.41. The highest BCUT2D eigenvalue weighted by Crippen LogP contribution is 2.13. The minimum atomic E-state index is -3.64. The number of nitrogens with zero attached hydrogens (tertiary/aromatic N) is 1. The van der Waals surface area contributed by atoms with Crippen molar-refractivity contribution in [1.82, 2.24) is 4.90 Å². The molecule has 1 aliphatic heterocycles. The Morgan fingerprint density at radius 3 is 2.45 bits per heavy atom. The van der Waals surface area contributed by atoms with Gasteiger partial charge in [0.2, 0.25) is 5.91 Å². The van der Waals surface area contributed by atoms with E-state index in [0.29, 0.717) is 13.1 Å². The van der Waals surface area contributed by atoms with Gasteiger partial charge < -0.3 is 4.90 Å². The number of benzene rings is 1. The van der Waals surface area contributed by atoms with Crippen LogP contribution in [-0.4, -0.2) is 38.1 Å². The summed E-state index contributed by atoms with van der Waals surface area (Å²) in [7, 11) is -3.64. The van der Waals surface area contributed by atoms with Gasteiger partial charge in [-0.2, -0.15) is 0 Å². The van der Waals surface area contributed by atoms with Gasteiger partial charge in [0, 0.05) is 18.7 Å². The molecule has 1 saturated heterocycles. The highest BCUT2D eigenvalue weighted by molar-refractivity contribution is 7.91. The average molecular weight is 299 g/mol. The molecule has 0 N–H and O–H groups in total. The molecule has 0 atom stereocenters. The van der Waals surface area contributed by atoms with Crippen molar-refractivity contribution >= 4 is 15.7 Å². The summed E-state index contributed by atoms with van der Waals surface area (Å²) in [5.74, 6) is -1.90. The second-order valence-corrected chi connectivity index (χ2v) is 7.13. The van der Waals surface area contributed by atoms with E-state index < -0.39 is 27.2 Å². The molecule has 0 aromatic heterocycles. The predicted molar refractivity (Wildman–Crippen MR) is 74.3 cm³/mol. The molecule has 1 aromatic carbocycles. The van der Waals surface area contributed by atoms with Crippen molar-refractivity contribution in [2.75, 3.05) is 18.8 Å². The van der Waals surface area contributed by atoms with Gasteiger partial charge in [0.1, 0.15) is 11.6 Å². The van der Waals surface area contributed by atoms with Gasteiger partial charge in [-0.3, -0.25) is 4.79 Å². The van der Waals surface area contributed by atoms with Crippen LogP contribution in [0.4, 0.5) is 4.39 Å². The van der Waals surface area contributed by atoms with E-state index in [1.54, 1.807) is 11.0 Å². The standard InChI is InChI=1S/C14H18FNO3S/c15-13-7-3-2-6-12(13)10-20(18,19)11-14(17)16-8-4-1-5-9-16/h2-3,6-7H,1,4-5,8-11H2. The lowest BCUT2D eigenvalue weighted by Crippen LogP contribution is -2.39. The highest BCUT2D eigenvalue weighted by atomic mass is 32.2. The van der Waals surface area contributed by atoms with Crippen LogP contribution in [0.2, 0.25) is 0 Å². The minimum Gasteiger partial charge on any atom is -0.342 e. The number of carbonyl (C=O) groups is 1. The van der Waals surface area contributed by atoms with Gasteiger partial charge in [-0.15, -0.1) is 0 Å². The van der Waals surface area contributed by atoms with E-state index in [1.807, 2.05) is 0 Å². The Morgan fingerprint density at radius 1 is 1.15 bits per heavy atom. The zero-order chi connectivity index (χ0) is 14.6. The SMILES string of the molecule is O=C(CS(=O)(=O)Cc1ccccc1F)N1CCCCC1. The molecule has 0 saturated carbocycles. The molecule has 2 rings (SSSR count). The maximum absolute atomic E-state index is 13.5. The van der Waals surface area contributed by atoms with E-state index in [1.165, 1.54) is 18.2 Å². The molecule has 4 nitrogen and oxygen atoms in total. The molecular weight excluding hydrogens is 281 g/mol. The second kappa shape index (κ2) is 6.35. The molecule has 0 aliphatic carbocycles. The third-order valence-corrected chi connectivity index (χ3v) is 4.82. The minimum absolute atomic E-state index is 0.110. The van der Waals surface area contributed by atoms with Gasteiger partial charge in [0.25, 0.3) is 0 Å². The van der Waals surface area contributed by atoms with E-state index in [9.17, 15) is 17.6 Å². The number of hydrogen-bond acceptors (Lipinski definition) is 3. The number of piperidine rings is 1. The van der Waals surface area contributed by atoms with Crippen molar-refractivity contribution in [3.8, 4) is 0 Å². The molecule has 0 bridgehead atoms. The van der Waals surface area contributed by atoms with Gasteiger partial charge in [-0.1, -0.05) is 18.2 Å². The van der Waals surface area contributed by atoms with Crippen LogP contribution in [0, 0.1) is 5.82 Å². The molecule has 1 aromatic rings. The summed E-state index contributed by atoms with van der Waals surface area (Å²) < 4.78 is 37.4. The van der Waals surface area contributed by atoms with Crippen molar-refractivity contribution in [3.05, 3.63) is 35.6 Å². The summed E-state index contributed by atoms with van der Waals surface area (Å²) in [4.78, 5) is 13.5. The molecule has 6 heteroatoms. The zero-order valence-electron chi connectivity index (χ0n) is 11.2. The predicted octanol–water partition coefficient (Wildman–Crippen LogP) is 1.75. The molecule has 0 radical (unpaired) electrons. The number of rotatable bonds is 4. The van der Waals surface area contributed by atoms with Crippen LogP contribution in [0.15, 0.2) is 24.3 Å². The second-order valence-electron chi connectivity index (χ2n) is 5.07. The van der Waals surface area contributed by atoms with Crippen LogP contribution >= 0.6 is 0 Å². The quantitative estimate of drug-likeness (QED) is 0.851. The van der Waals surface area contributed by atoms with Crippen LogP contribution in [-0.2, 0) is 20.4 Å². The summed E-state index contributed by atoms with van der Waals surface area (Å²) in [6, 6.07) is 5.74. The molecule has 1 amide bonds. The molecule has 20 heavy (non-hydrogen) atoms. The normalized spacial score (nSPS) is 16.1. The first kappa shape index (κ1) is 15.0. The van der Waals surface area contributed by atoms with E-state index in [2.05, 4.69) is 0 Å². The number of carbonyl (C=O) groups excluding carboxylic acids is 1. The molecule has 0 unspecified atom stereocenters. The summed E-state index contributed by atoms with van der Waals surface area (Å²) in [5, 5.41) is 0. The summed E-state index contributed by atoms with van der Waals surface area (Å²) in [5.41, 5.74) is 0.110. The maximum atomic E-state index is 13.5. The molecule has 1 aliphatic rings. The van der Waals surface area contributed by atoms with Crippen LogP contribution in [0.25, 0.3) is 0 Å². The first-order valence-corrected chi connectivity index (χ1v) is 8.52. The van der Waals surface area contributed by atoms with Crippen LogP contribution < -0.4 is 0 Å². The lowest BCUT2D eigenvalue weighted by molar-refractivity contribution is -0.129. The van der Waals surface area contributed by atoms with E-state index in [4.69, 9.17) is 0 Å². The Hall–Kier alpha value is -1.43. The highest BCUT2D eigenvalue weighted by Gasteiger charge is 2.24. The Balaban J connectivity index is 2.00. The molecule has 1 heterocycles. The van der Waals surface area contributed by atoms with Crippen molar-refractivity contribution in [1.29, 1.82) is 0 Å². The van der Waals surface area contributed by atoms with Gasteiger partial charge in [-0.25, -0.2) is 12.8 Å². The maximum Gasteiger partial charge on any atom is 0.237 e. The van der Waals surface area contributed by atoms with Crippen LogP contribution in [0.1, 0.15) is 24.8 Å². The first-order chi connectivity index (χ1) is 9.48. The zero-order valence-corrected chi connectivity index (χ0v) is 12.0. The fourth-order valence-electron chi connectivity index (χ4n) is 2.33. The lowest BCUT2D eigenvalue weighted by Gasteiger charge is -2.26. The Labute approximate surface area is 118 Å². The fraction of sp³-hybridized carbons (Fsp3) is 0.500. The smallest absolute Gasteiger partial charge is 0.237 e. The lowest BCUT2D eigenvalue weighted by atomic mass is 10.1. The van der Waals surface area contributed by atoms with Gasteiger partial charge in [0.05, 0.1) is 5.75 Å². The number of hydrogen-bond donors (Lipinski definition) is 0. The Bertz CT molecular complexity index is 580. The molecular formula is C14H18FNO3S. The van der Waals surface area contributed by atoms with Gasteiger partial charge in [-0.05, 0) is 25.3 Å². The topological polar surface area (TPSA) is 54.5 Å². The van der Waals surface area contributed by atoms with Crippen molar-refractivity contribution in [2.45, 2.75) is 25.0 Å². The molecule has 110 valence electrons. The number of likely N-dealkylation sites (tertiary alicyclic amines) is 1. The number of amides is 1. The van der Waals surface area contributed by atoms with E-state index in [-0.39, 0.29) is 11.5 Å². The van der Waals surface area contributed by atoms with E-state index in [0.717, 1.165) is 19.3 Å². The third kappa shape index (κ3) is 4.03. The number of sulfone groups is 1. The van der Waals surface area contributed by atoms with Crippen molar-refractivity contribution < 1.29 is 17.6 Å². The summed E-state index contributed by atoms with van der Waals surface area (Å²) in [6.45, 7) is 1.24. The fourth-order valence-corrected chi connectivity index (χ4v) is 3.69. The molecule has 1 fully saturated rings. The third-order valence-electron chi connectivity index (χ3n) is 3.39. The van der Waals surface area contributed by atoms with Crippen molar-refractivity contribution in [2.24, 2.45) is 0 Å². The van der Waals surface area contributed by atoms with Crippen LogP contribution in [0.5, 0.6) is 0 Å². The summed E-state index contributed by atoms with van der Waals surface area (Å²) in [6.07, 6.45) is 2.91. The summed E-state index contributed by atoms with van der Waals surface area (Å²) >= 11 is 0. The first-order valence-electron chi connectivity index (χ1n) is 6.69.